The van der Waals surface area contributed by atoms with Gasteiger partial charge in [-0.3, -0.25) is 4.99 Å². The van der Waals surface area contributed by atoms with Crippen molar-refractivity contribution in [1.82, 2.24) is 20.4 Å². The summed E-state index contributed by atoms with van der Waals surface area (Å²) in [6.45, 7) is 2.98. The first kappa shape index (κ1) is 17.7. The average molecular weight is 351 g/mol. The minimum Gasteiger partial charge on any atom is -0.352 e. The van der Waals surface area contributed by atoms with Gasteiger partial charge < -0.3 is 10.6 Å². The maximum atomic E-state index is 13.3. The van der Waals surface area contributed by atoms with Crippen LogP contribution in [0.15, 0.2) is 65.9 Å². The summed E-state index contributed by atoms with van der Waals surface area (Å²) in [6, 6.07) is 15.1. The third-order valence-electron chi connectivity index (χ3n) is 4.05. The van der Waals surface area contributed by atoms with Crippen LogP contribution in [0, 0.1) is 12.7 Å². The lowest BCUT2D eigenvalue weighted by Gasteiger charge is -2.13. The highest BCUT2D eigenvalue weighted by Crippen LogP contribution is 2.10. The smallest absolute Gasteiger partial charge is 0.191 e. The molecule has 3 rings (SSSR count). The number of aryl methyl sites for hydroxylation is 1. The van der Waals surface area contributed by atoms with Gasteiger partial charge in [-0.05, 0) is 47.9 Å². The lowest BCUT2D eigenvalue weighted by molar-refractivity contribution is 0.617. The molecular formula is C20H22FN5. The summed E-state index contributed by atoms with van der Waals surface area (Å²) < 4.78 is 15.2. The van der Waals surface area contributed by atoms with Crippen LogP contribution >= 0.6 is 0 Å². The van der Waals surface area contributed by atoms with E-state index in [1.807, 2.05) is 35.1 Å². The van der Waals surface area contributed by atoms with Gasteiger partial charge in [-0.2, -0.15) is 5.10 Å². The van der Waals surface area contributed by atoms with Gasteiger partial charge in [-0.1, -0.05) is 24.3 Å². The van der Waals surface area contributed by atoms with Crippen LogP contribution in [0.5, 0.6) is 0 Å². The van der Waals surface area contributed by atoms with Crippen molar-refractivity contribution in [3.63, 3.8) is 0 Å². The molecule has 0 aliphatic carbocycles. The maximum Gasteiger partial charge on any atom is 0.191 e. The molecule has 6 heteroatoms. The fourth-order valence-electron chi connectivity index (χ4n) is 2.64. The highest BCUT2D eigenvalue weighted by Gasteiger charge is 2.03. The molecule has 0 radical (unpaired) electrons. The number of hydrogen-bond acceptors (Lipinski definition) is 2. The lowest BCUT2D eigenvalue weighted by atomic mass is 10.1. The molecular weight excluding hydrogens is 329 g/mol. The molecule has 0 fully saturated rings. The van der Waals surface area contributed by atoms with Crippen LogP contribution < -0.4 is 10.6 Å². The van der Waals surface area contributed by atoms with Crippen LogP contribution in [0.4, 0.5) is 4.39 Å². The maximum absolute atomic E-state index is 13.3. The van der Waals surface area contributed by atoms with Crippen LogP contribution in [-0.2, 0) is 13.1 Å². The van der Waals surface area contributed by atoms with Gasteiger partial charge in [0.2, 0.25) is 0 Å². The predicted octanol–water partition coefficient (Wildman–Crippen LogP) is 3.19. The van der Waals surface area contributed by atoms with E-state index in [4.69, 9.17) is 0 Å². The van der Waals surface area contributed by atoms with Gasteiger partial charge in [0.25, 0.3) is 0 Å². The molecule has 134 valence electrons. The molecule has 0 amide bonds. The zero-order chi connectivity index (χ0) is 18.4. The van der Waals surface area contributed by atoms with Crippen molar-refractivity contribution in [2.45, 2.75) is 20.0 Å². The quantitative estimate of drug-likeness (QED) is 0.548. The van der Waals surface area contributed by atoms with E-state index in [-0.39, 0.29) is 5.82 Å². The fourth-order valence-corrected chi connectivity index (χ4v) is 2.64. The van der Waals surface area contributed by atoms with E-state index < -0.39 is 0 Å². The van der Waals surface area contributed by atoms with Crippen LogP contribution in [0.2, 0.25) is 0 Å². The summed E-state index contributed by atoms with van der Waals surface area (Å²) in [6.07, 6.45) is 3.67. The standard InChI is InChI=1S/C20H22FN5/c1-15-11-17(7-8-19(15)21)14-24-20(22-2)23-13-16-5-3-6-18(12-16)26-10-4-9-25-26/h3-12H,13-14H2,1-2H3,(H2,22,23,24). The van der Waals surface area contributed by atoms with E-state index in [2.05, 4.69) is 32.9 Å². The molecule has 0 saturated heterocycles. The molecule has 0 spiro atoms. The Hall–Kier alpha value is -3.15. The van der Waals surface area contributed by atoms with Crippen LogP contribution in [-0.4, -0.2) is 22.8 Å². The zero-order valence-corrected chi connectivity index (χ0v) is 14.9. The third kappa shape index (κ3) is 4.47. The number of aliphatic imine (C=N–C) groups is 1. The monoisotopic (exact) mass is 351 g/mol. The molecule has 0 saturated carbocycles. The van der Waals surface area contributed by atoms with Gasteiger partial charge in [-0.15, -0.1) is 0 Å². The van der Waals surface area contributed by atoms with Crippen molar-refractivity contribution in [1.29, 1.82) is 0 Å². The van der Waals surface area contributed by atoms with E-state index >= 15 is 0 Å². The molecule has 2 N–H and O–H groups in total. The molecule has 26 heavy (non-hydrogen) atoms. The summed E-state index contributed by atoms with van der Waals surface area (Å²) in [7, 11) is 1.73. The highest BCUT2D eigenvalue weighted by molar-refractivity contribution is 5.79. The van der Waals surface area contributed by atoms with Crippen LogP contribution in [0.3, 0.4) is 0 Å². The Kier molecular flexibility index (Phi) is 5.63. The number of benzene rings is 2. The van der Waals surface area contributed by atoms with Gasteiger partial charge in [0.05, 0.1) is 5.69 Å². The summed E-state index contributed by atoms with van der Waals surface area (Å²) in [4.78, 5) is 4.23. The Morgan fingerprint density at radius 2 is 1.85 bits per heavy atom. The first-order valence-electron chi connectivity index (χ1n) is 8.44. The lowest BCUT2D eigenvalue weighted by Crippen LogP contribution is -2.36. The number of halogens is 1. The Morgan fingerprint density at radius 1 is 1.08 bits per heavy atom. The SMILES string of the molecule is CN=C(NCc1cccc(-n2cccn2)c1)NCc1ccc(F)c(C)c1. The number of aromatic nitrogens is 2. The van der Waals surface area contributed by atoms with Crippen molar-refractivity contribution >= 4 is 5.96 Å². The second kappa shape index (κ2) is 8.29. The Morgan fingerprint density at radius 3 is 2.50 bits per heavy atom. The van der Waals surface area contributed by atoms with Crippen molar-refractivity contribution in [2.24, 2.45) is 4.99 Å². The summed E-state index contributed by atoms with van der Waals surface area (Å²) in [5.41, 5.74) is 3.79. The first-order valence-corrected chi connectivity index (χ1v) is 8.44. The molecule has 5 nitrogen and oxygen atoms in total. The second-order valence-corrected chi connectivity index (χ2v) is 5.98. The molecule has 3 aromatic rings. The average Bonchev–Trinajstić information content (AvgIpc) is 3.20. The minimum absolute atomic E-state index is 0.187. The van der Waals surface area contributed by atoms with Gasteiger partial charge in [0, 0.05) is 32.5 Å². The van der Waals surface area contributed by atoms with Gasteiger partial charge in [0.15, 0.2) is 5.96 Å². The zero-order valence-electron chi connectivity index (χ0n) is 14.9. The highest BCUT2D eigenvalue weighted by atomic mass is 19.1. The molecule has 0 bridgehead atoms. The molecule has 0 aliphatic rings. The van der Waals surface area contributed by atoms with Crippen molar-refractivity contribution < 1.29 is 4.39 Å². The summed E-state index contributed by atoms with van der Waals surface area (Å²) in [5, 5.41) is 10.8. The van der Waals surface area contributed by atoms with E-state index in [9.17, 15) is 4.39 Å². The van der Waals surface area contributed by atoms with Crippen molar-refractivity contribution in [2.75, 3.05) is 7.05 Å². The van der Waals surface area contributed by atoms with Crippen molar-refractivity contribution in [3.8, 4) is 5.69 Å². The molecule has 1 aromatic heterocycles. The van der Waals surface area contributed by atoms with Gasteiger partial charge in [0.1, 0.15) is 5.82 Å². The van der Waals surface area contributed by atoms with Crippen molar-refractivity contribution in [3.05, 3.63) is 83.4 Å². The first-order chi connectivity index (χ1) is 12.7. The van der Waals surface area contributed by atoms with E-state index in [0.717, 1.165) is 16.8 Å². The molecule has 2 aromatic carbocycles. The van der Waals surface area contributed by atoms with E-state index in [1.54, 1.807) is 26.2 Å². The number of nitrogens with zero attached hydrogens (tertiary/aromatic N) is 3. The minimum atomic E-state index is -0.187. The topological polar surface area (TPSA) is 54.2 Å². The Labute approximate surface area is 152 Å². The third-order valence-corrected chi connectivity index (χ3v) is 4.05. The largest absolute Gasteiger partial charge is 0.352 e. The Balaban J connectivity index is 1.57. The normalized spacial score (nSPS) is 11.4. The van der Waals surface area contributed by atoms with E-state index in [0.29, 0.717) is 24.6 Å². The van der Waals surface area contributed by atoms with Gasteiger partial charge in [-0.25, -0.2) is 9.07 Å². The van der Waals surface area contributed by atoms with Crippen LogP contribution in [0.25, 0.3) is 5.69 Å². The molecule has 0 unspecified atom stereocenters. The Bertz CT molecular complexity index is 887. The van der Waals surface area contributed by atoms with Gasteiger partial charge >= 0.3 is 0 Å². The van der Waals surface area contributed by atoms with Crippen LogP contribution in [0.1, 0.15) is 16.7 Å². The second-order valence-electron chi connectivity index (χ2n) is 5.98. The summed E-state index contributed by atoms with van der Waals surface area (Å²) >= 11 is 0. The fraction of sp³-hybridized carbons (Fsp3) is 0.200. The van der Waals surface area contributed by atoms with E-state index in [1.165, 1.54) is 6.07 Å². The number of nitrogens with one attached hydrogen (secondary N) is 2. The number of guanidine groups is 1. The summed E-state index contributed by atoms with van der Waals surface area (Å²) in [5.74, 6) is 0.504. The molecule has 0 aliphatic heterocycles. The predicted molar refractivity (Wildman–Crippen MR) is 102 cm³/mol. The molecule has 1 heterocycles. The molecule has 0 atom stereocenters. The number of hydrogen-bond donors (Lipinski definition) is 2. The number of rotatable bonds is 5.